The van der Waals surface area contributed by atoms with Crippen molar-refractivity contribution in [3.8, 4) is 5.75 Å². The number of hydrogen-bond acceptors (Lipinski definition) is 3. The highest BCUT2D eigenvalue weighted by Crippen LogP contribution is 2.35. The third kappa shape index (κ3) is 6.11. The molecule has 0 aromatic heterocycles. The van der Waals surface area contributed by atoms with E-state index in [-0.39, 0.29) is 6.42 Å². The summed E-state index contributed by atoms with van der Waals surface area (Å²) in [5.41, 5.74) is 3.96. The minimum absolute atomic E-state index is 0.0295. The number of aryl methyl sites for hydroxylation is 2. The first-order valence-electron chi connectivity index (χ1n) is 8.44. The number of aliphatic carboxylic acids is 1. The van der Waals surface area contributed by atoms with Gasteiger partial charge in [-0.2, -0.15) is 0 Å². The first-order valence-corrected chi connectivity index (χ1v) is 9.20. The van der Waals surface area contributed by atoms with E-state index in [1.807, 2.05) is 13.0 Å². The Hall–Kier alpha value is -1.91. The van der Waals surface area contributed by atoms with Gasteiger partial charge < -0.3 is 15.2 Å². The van der Waals surface area contributed by atoms with E-state index < -0.39 is 5.97 Å². The molecular weight excluding hydrogens is 373 g/mol. The van der Waals surface area contributed by atoms with Crippen LogP contribution < -0.4 is 10.1 Å². The molecule has 6 heteroatoms. The van der Waals surface area contributed by atoms with E-state index in [0.717, 1.165) is 22.4 Å². The molecular formula is C20H23Cl2NO3. The highest BCUT2D eigenvalue weighted by molar-refractivity contribution is 6.37. The van der Waals surface area contributed by atoms with Crippen LogP contribution in [0.25, 0.3) is 0 Å². The van der Waals surface area contributed by atoms with Gasteiger partial charge >= 0.3 is 5.97 Å². The molecule has 4 nitrogen and oxygen atoms in total. The highest BCUT2D eigenvalue weighted by Gasteiger charge is 2.11. The Morgan fingerprint density at radius 1 is 1.12 bits per heavy atom. The number of carbonyl (C=O) groups is 1. The maximum absolute atomic E-state index is 10.7. The highest BCUT2D eigenvalue weighted by atomic mass is 35.5. The van der Waals surface area contributed by atoms with Gasteiger partial charge in [0.15, 0.2) is 5.75 Å². The smallest absolute Gasteiger partial charge is 0.303 e. The fraction of sp³-hybridized carbons (Fsp3) is 0.350. The van der Waals surface area contributed by atoms with Gasteiger partial charge in [0.2, 0.25) is 0 Å². The number of nitrogens with one attached hydrogen (secondary N) is 1. The largest absolute Gasteiger partial charge is 0.486 e. The molecule has 0 aliphatic carbocycles. The summed E-state index contributed by atoms with van der Waals surface area (Å²) in [6.45, 7) is 6.54. The summed E-state index contributed by atoms with van der Waals surface area (Å²) in [6, 6.07) is 9.92. The summed E-state index contributed by atoms with van der Waals surface area (Å²) in [5.74, 6) is -0.449. The summed E-state index contributed by atoms with van der Waals surface area (Å²) in [7, 11) is 0. The fourth-order valence-corrected chi connectivity index (χ4v) is 3.31. The van der Waals surface area contributed by atoms with Crippen molar-refractivity contribution in [2.75, 3.05) is 5.32 Å². The zero-order valence-electron chi connectivity index (χ0n) is 15.1. The average Bonchev–Trinajstić information content (AvgIpc) is 2.50. The molecule has 2 rings (SSSR count). The van der Waals surface area contributed by atoms with Crippen molar-refractivity contribution in [2.24, 2.45) is 0 Å². The molecule has 0 fully saturated rings. The minimum atomic E-state index is -0.858. The summed E-state index contributed by atoms with van der Waals surface area (Å²) < 4.78 is 5.84. The molecule has 0 atom stereocenters. The van der Waals surface area contributed by atoms with Crippen molar-refractivity contribution in [2.45, 2.75) is 46.3 Å². The number of benzene rings is 2. The molecule has 26 heavy (non-hydrogen) atoms. The summed E-state index contributed by atoms with van der Waals surface area (Å²) in [5, 5.41) is 12.9. The van der Waals surface area contributed by atoms with E-state index >= 15 is 0 Å². The Balaban J connectivity index is 2.12. The number of ether oxygens (including phenoxy) is 1. The summed E-state index contributed by atoms with van der Waals surface area (Å²) >= 11 is 12.6. The molecule has 2 aromatic rings. The summed E-state index contributed by atoms with van der Waals surface area (Å²) in [4.78, 5) is 10.7. The first kappa shape index (κ1) is 20.4. The number of rotatable bonds is 8. The topological polar surface area (TPSA) is 58.6 Å². The Bertz CT molecular complexity index is 768. The molecule has 0 amide bonds. The monoisotopic (exact) mass is 395 g/mol. The van der Waals surface area contributed by atoms with Crippen LogP contribution in [0, 0.1) is 6.92 Å². The minimum Gasteiger partial charge on any atom is -0.486 e. The van der Waals surface area contributed by atoms with E-state index in [9.17, 15) is 4.79 Å². The van der Waals surface area contributed by atoms with Gasteiger partial charge in [0.1, 0.15) is 6.61 Å². The van der Waals surface area contributed by atoms with Gasteiger partial charge in [-0.05, 0) is 68.1 Å². The van der Waals surface area contributed by atoms with Crippen LogP contribution in [0.15, 0.2) is 30.3 Å². The average molecular weight is 396 g/mol. The van der Waals surface area contributed by atoms with Crippen molar-refractivity contribution >= 4 is 34.9 Å². The van der Waals surface area contributed by atoms with Crippen molar-refractivity contribution < 1.29 is 14.6 Å². The predicted octanol–water partition coefficient (Wildman–Crippen LogP) is 5.72. The van der Waals surface area contributed by atoms with Gasteiger partial charge in [-0.1, -0.05) is 29.3 Å². The van der Waals surface area contributed by atoms with E-state index in [2.05, 4.69) is 31.3 Å². The summed E-state index contributed by atoms with van der Waals surface area (Å²) in [6.07, 6.45) is 0.402. The normalized spacial score (nSPS) is 10.8. The lowest BCUT2D eigenvalue weighted by molar-refractivity contribution is -0.136. The van der Waals surface area contributed by atoms with Gasteiger partial charge in [0.25, 0.3) is 0 Å². The third-order valence-corrected chi connectivity index (χ3v) is 4.22. The van der Waals surface area contributed by atoms with E-state index in [0.29, 0.717) is 34.9 Å². The van der Waals surface area contributed by atoms with Crippen molar-refractivity contribution in [1.82, 2.24) is 0 Å². The maximum Gasteiger partial charge on any atom is 0.303 e. The zero-order valence-corrected chi connectivity index (χ0v) is 16.6. The Kier molecular flexibility index (Phi) is 7.18. The molecule has 140 valence electrons. The van der Waals surface area contributed by atoms with Crippen molar-refractivity contribution in [3.63, 3.8) is 0 Å². The predicted molar refractivity (Wildman–Crippen MR) is 107 cm³/mol. The molecule has 0 saturated heterocycles. The Labute approximate surface area is 164 Å². The van der Waals surface area contributed by atoms with Crippen LogP contribution in [0.2, 0.25) is 10.0 Å². The lowest BCUT2D eigenvalue weighted by Gasteiger charge is -2.15. The number of carboxylic acids is 1. The van der Waals surface area contributed by atoms with Crippen LogP contribution >= 0.6 is 23.2 Å². The maximum atomic E-state index is 10.7. The van der Waals surface area contributed by atoms with Crippen LogP contribution in [-0.2, 0) is 17.8 Å². The molecule has 0 aliphatic rings. The molecule has 2 aromatic carbocycles. The molecule has 2 N–H and O–H groups in total. The second kappa shape index (κ2) is 9.15. The Morgan fingerprint density at radius 3 is 2.35 bits per heavy atom. The number of halogens is 2. The number of hydrogen-bond donors (Lipinski definition) is 2. The van der Waals surface area contributed by atoms with Crippen molar-refractivity contribution in [3.05, 3.63) is 57.1 Å². The lowest BCUT2D eigenvalue weighted by Crippen LogP contribution is -2.10. The van der Waals surface area contributed by atoms with Gasteiger partial charge in [-0.25, -0.2) is 0 Å². The second-order valence-electron chi connectivity index (χ2n) is 6.58. The van der Waals surface area contributed by atoms with Crippen LogP contribution in [-0.4, -0.2) is 17.1 Å². The third-order valence-electron chi connectivity index (χ3n) is 3.66. The van der Waals surface area contributed by atoms with E-state index in [1.54, 1.807) is 12.1 Å². The van der Waals surface area contributed by atoms with Crippen LogP contribution in [0.5, 0.6) is 5.75 Å². The molecule has 0 bridgehead atoms. The molecule has 0 heterocycles. The molecule has 0 saturated carbocycles. The van der Waals surface area contributed by atoms with Crippen molar-refractivity contribution in [1.29, 1.82) is 0 Å². The Morgan fingerprint density at radius 2 is 1.77 bits per heavy atom. The number of carboxylic acid groups (broad SMARTS) is 1. The lowest BCUT2D eigenvalue weighted by atomic mass is 10.1. The number of anilines is 1. The van der Waals surface area contributed by atoms with Gasteiger partial charge in [-0.15, -0.1) is 0 Å². The van der Waals surface area contributed by atoms with Crippen LogP contribution in [0.1, 0.15) is 37.0 Å². The van der Waals surface area contributed by atoms with Gasteiger partial charge in [0, 0.05) is 18.2 Å². The van der Waals surface area contributed by atoms with Gasteiger partial charge in [0.05, 0.1) is 10.0 Å². The first-order chi connectivity index (χ1) is 12.2. The fourth-order valence-electron chi connectivity index (χ4n) is 2.66. The van der Waals surface area contributed by atoms with E-state index in [1.165, 1.54) is 0 Å². The van der Waals surface area contributed by atoms with Gasteiger partial charge in [-0.3, -0.25) is 4.79 Å². The zero-order chi connectivity index (χ0) is 19.3. The molecule has 0 aliphatic heterocycles. The molecule has 0 radical (unpaired) electrons. The standard InChI is InChI=1S/C20H23Cl2NO3/c1-12(2)23-16-7-13(3)6-15(8-16)11-26-20-17(21)9-14(10-18(20)22)4-5-19(24)25/h6-10,12,23H,4-5,11H2,1-3H3,(H,24,25). The molecule has 0 spiro atoms. The quantitative estimate of drug-likeness (QED) is 0.599. The van der Waals surface area contributed by atoms with Crippen LogP contribution in [0.4, 0.5) is 5.69 Å². The van der Waals surface area contributed by atoms with Crippen LogP contribution in [0.3, 0.4) is 0 Å². The van der Waals surface area contributed by atoms with E-state index in [4.69, 9.17) is 33.0 Å². The SMILES string of the molecule is Cc1cc(COc2c(Cl)cc(CCC(=O)O)cc2Cl)cc(NC(C)C)c1. The second-order valence-corrected chi connectivity index (χ2v) is 7.39. The molecule has 0 unspecified atom stereocenters.